The number of carboxylic acids is 1. The number of hydrogen-bond acceptors (Lipinski definition) is 6. The second-order valence-electron chi connectivity index (χ2n) is 4.34. The first-order chi connectivity index (χ1) is 9.79. The summed E-state index contributed by atoms with van der Waals surface area (Å²) >= 11 is 0. The van der Waals surface area contributed by atoms with E-state index < -0.39 is 33.3 Å². The summed E-state index contributed by atoms with van der Waals surface area (Å²) in [4.78, 5) is 36.8. The van der Waals surface area contributed by atoms with E-state index in [2.05, 4.69) is 4.98 Å². The topological polar surface area (TPSA) is 140 Å². The molecule has 0 bridgehead atoms. The second kappa shape index (κ2) is 6.11. The van der Waals surface area contributed by atoms with Gasteiger partial charge in [-0.25, -0.2) is 19.9 Å². The third-order valence-electron chi connectivity index (χ3n) is 3.25. The maximum atomic E-state index is 11.6. The number of anilines is 1. The van der Waals surface area contributed by atoms with Crippen molar-refractivity contribution in [2.75, 3.05) is 5.01 Å². The zero-order chi connectivity index (χ0) is 16.2. The van der Waals surface area contributed by atoms with Gasteiger partial charge in [-0.3, -0.25) is 10.1 Å². The zero-order valence-corrected chi connectivity index (χ0v) is 11.4. The Bertz CT molecular complexity index is 535. The largest absolute Gasteiger partial charge is 0.474 e. The van der Waals surface area contributed by atoms with Gasteiger partial charge in [0.1, 0.15) is 0 Å². The molecule has 0 fully saturated rings. The third kappa shape index (κ3) is 2.59. The average Bonchev–Trinajstić information content (AvgIpc) is 2.43. The summed E-state index contributed by atoms with van der Waals surface area (Å²) in [6, 6.07) is 3.98. The smallest absolute Gasteiger partial charge is 0.448 e. The van der Waals surface area contributed by atoms with Crippen LogP contribution in [0, 0.1) is 26.1 Å². The highest BCUT2D eigenvalue weighted by Crippen LogP contribution is 2.32. The fraction of sp³-hybridized carbons (Fsp3) is 0.455. The molecule has 10 nitrogen and oxygen atoms in total. The summed E-state index contributed by atoms with van der Waals surface area (Å²) in [5.41, 5.74) is -2.94. The predicted molar refractivity (Wildman–Crippen MR) is 70.5 cm³/mol. The molecule has 2 atom stereocenters. The lowest BCUT2D eigenvalue weighted by Gasteiger charge is -2.29. The fourth-order valence-electron chi connectivity index (χ4n) is 1.99. The number of rotatable bonds is 7. The number of carbonyl (C=O) groups is 1. The van der Waals surface area contributed by atoms with Gasteiger partial charge in [0.15, 0.2) is 5.03 Å². The molecule has 0 radical (unpaired) electrons. The lowest BCUT2D eigenvalue weighted by atomic mass is 9.91. The molecule has 0 spiro atoms. The number of aromatic nitrogens is 1. The third-order valence-corrected chi connectivity index (χ3v) is 3.25. The minimum absolute atomic E-state index is 0.00347. The first-order valence-electron chi connectivity index (χ1n) is 6.03. The van der Waals surface area contributed by atoms with Gasteiger partial charge in [-0.15, -0.1) is 0 Å². The van der Waals surface area contributed by atoms with Crippen LogP contribution in [0.25, 0.3) is 0 Å². The van der Waals surface area contributed by atoms with E-state index in [0.29, 0.717) is 0 Å². The van der Waals surface area contributed by atoms with Gasteiger partial charge in [-0.1, -0.05) is 19.9 Å². The van der Waals surface area contributed by atoms with E-state index in [1.807, 2.05) is 0 Å². The van der Waals surface area contributed by atoms with Crippen molar-refractivity contribution in [1.82, 2.24) is 4.98 Å². The Morgan fingerprint density at radius 1 is 1.48 bits per heavy atom. The predicted octanol–water partition coefficient (Wildman–Crippen LogP) is 1.18. The van der Waals surface area contributed by atoms with Crippen LogP contribution < -0.4 is 5.01 Å². The Hall–Kier alpha value is -2.78. The number of hydrogen-bond donors (Lipinski definition) is 1. The van der Waals surface area contributed by atoms with Crippen LogP contribution in [0.15, 0.2) is 24.4 Å². The molecule has 10 heteroatoms. The lowest BCUT2D eigenvalue weighted by Crippen LogP contribution is -2.66. The summed E-state index contributed by atoms with van der Waals surface area (Å²) in [5.74, 6) is -3.46. The molecule has 0 unspecified atom stereocenters. The van der Waals surface area contributed by atoms with Gasteiger partial charge >= 0.3 is 11.6 Å². The molecule has 21 heavy (non-hydrogen) atoms. The maximum absolute atomic E-state index is 11.6. The summed E-state index contributed by atoms with van der Waals surface area (Å²) in [6.45, 7) is 2.79. The summed E-state index contributed by atoms with van der Waals surface area (Å²) in [6.07, 6.45) is 1.25. The minimum atomic E-state index is -2.94. The van der Waals surface area contributed by atoms with Gasteiger partial charge in [-0.2, -0.15) is 0 Å². The van der Waals surface area contributed by atoms with Crippen molar-refractivity contribution in [3.8, 4) is 0 Å². The van der Waals surface area contributed by atoms with E-state index in [-0.39, 0.29) is 11.4 Å². The van der Waals surface area contributed by atoms with E-state index in [9.17, 15) is 30.1 Å². The molecule has 0 aliphatic heterocycles. The molecule has 114 valence electrons. The Kier molecular flexibility index (Phi) is 4.74. The summed E-state index contributed by atoms with van der Waals surface area (Å²) in [7, 11) is 0. The second-order valence-corrected chi connectivity index (χ2v) is 4.34. The molecule has 1 heterocycles. The minimum Gasteiger partial charge on any atom is -0.474 e. The highest BCUT2D eigenvalue weighted by atomic mass is 16.7. The van der Waals surface area contributed by atoms with E-state index in [4.69, 9.17) is 0 Å². The molecule has 1 aromatic heterocycles. The number of hydrazine groups is 1. The monoisotopic (exact) mass is 298 g/mol. The Balaban J connectivity index is 3.64. The van der Waals surface area contributed by atoms with Crippen LogP contribution >= 0.6 is 0 Å². The molecule has 0 saturated heterocycles. The highest BCUT2D eigenvalue weighted by Gasteiger charge is 2.67. The standard InChI is InChI=1S/C11H14N4O6/c1-3-8(2)11(10(16)17,14(18)19)13(15(20)21)9-6-4-5-7-12-9/h4-8H,3H2,1-2H3,(H,16,17)/t8-,11+/m0/s1. The van der Waals surface area contributed by atoms with Gasteiger partial charge in [0.25, 0.3) is 0 Å². The van der Waals surface area contributed by atoms with Crippen molar-refractivity contribution >= 4 is 11.8 Å². The van der Waals surface area contributed by atoms with Crippen molar-refractivity contribution in [3.63, 3.8) is 0 Å². The van der Waals surface area contributed by atoms with Crippen LogP contribution in [-0.2, 0) is 4.79 Å². The highest BCUT2D eigenvalue weighted by molar-refractivity contribution is 5.80. The summed E-state index contributed by atoms with van der Waals surface area (Å²) in [5, 5.41) is 31.0. The van der Waals surface area contributed by atoms with Crippen LogP contribution in [0.1, 0.15) is 20.3 Å². The Morgan fingerprint density at radius 2 is 2.10 bits per heavy atom. The molecule has 0 saturated carbocycles. The number of aliphatic carboxylic acids is 1. The fourth-order valence-corrected chi connectivity index (χ4v) is 1.99. The van der Waals surface area contributed by atoms with E-state index >= 15 is 0 Å². The van der Waals surface area contributed by atoms with Crippen molar-refractivity contribution in [2.24, 2.45) is 5.92 Å². The van der Waals surface area contributed by atoms with Crippen molar-refractivity contribution in [3.05, 3.63) is 44.6 Å². The van der Waals surface area contributed by atoms with Crippen molar-refractivity contribution in [1.29, 1.82) is 0 Å². The Morgan fingerprint density at radius 3 is 2.43 bits per heavy atom. The molecule has 1 aromatic rings. The molecule has 1 N–H and O–H groups in total. The van der Waals surface area contributed by atoms with Crippen LogP contribution in [-0.4, -0.2) is 31.7 Å². The quantitative estimate of drug-likeness (QED) is 0.449. The first kappa shape index (κ1) is 16.3. The van der Waals surface area contributed by atoms with E-state index in [1.165, 1.54) is 32.2 Å². The van der Waals surface area contributed by atoms with Gasteiger partial charge < -0.3 is 5.11 Å². The molecule has 0 aromatic carbocycles. The number of pyridine rings is 1. The van der Waals surface area contributed by atoms with Crippen LogP contribution in [0.2, 0.25) is 0 Å². The molecule has 1 rings (SSSR count). The molecular formula is C11H14N4O6. The Labute approximate surface area is 119 Å². The van der Waals surface area contributed by atoms with E-state index in [0.717, 1.165) is 6.07 Å². The number of nitrogens with zero attached hydrogens (tertiary/aromatic N) is 4. The summed E-state index contributed by atoms with van der Waals surface area (Å²) < 4.78 is 0. The van der Waals surface area contributed by atoms with Crippen molar-refractivity contribution in [2.45, 2.75) is 25.9 Å². The maximum Gasteiger partial charge on any atom is 0.448 e. The number of carboxylic acid groups (broad SMARTS) is 1. The average molecular weight is 298 g/mol. The van der Waals surface area contributed by atoms with Gasteiger partial charge in [-0.05, 0) is 18.6 Å². The first-order valence-corrected chi connectivity index (χ1v) is 6.03. The van der Waals surface area contributed by atoms with Crippen LogP contribution in [0.4, 0.5) is 5.82 Å². The van der Waals surface area contributed by atoms with Crippen LogP contribution in [0.3, 0.4) is 0 Å². The van der Waals surface area contributed by atoms with Gasteiger partial charge in [0.05, 0.1) is 10.8 Å². The van der Waals surface area contributed by atoms with Crippen LogP contribution in [0.5, 0.6) is 0 Å². The molecule has 0 aliphatic carbocycles. The number of nitro groups is 2. The normalized spacial score (nSPS) is 14.8. The molecule has 0 aliphatic rings. The SMILES string of the molecule is CC[C@H](C)[C@@](C(=O)O)(N(c1ccccn1)[N+](=O)[O-])[N+](=O)[O-]. The van der Waals surface area contributed by atoms with Crippen molar-refractivity contribution < 1.29 is 19.9 Å². The lowest BCUT2D eigenvalue weighted by molar-refractivity contribution is -0.632. The van der Waals surface area contributed by atoms with E-state index in [1.54, 1.807) is 0 Å². The zero-order valence-electron chi connectivity index (χ0n) is 11.4. The molecular weight excluding hydrogens is 284 g/mol. The van der Waals surface area contributed by atoms with Gasteiger partial charge in [0, 0.05) is 11.2 Å². The molecule has 0 amide bonds. The van der Waals surface area contributed by atoms with Gasteiger partial charge in [0.2, 0.25) is 5.82 Å².